The Hall–Kier alpha value is -4.21. The normalized spacial score (nSPS) is 26.5. The van der Waals surface area contributed by atoms with Gasteiger partial charge in [0.25, 0.3) is 0 Å². The van der Waals surface area contributed by atoms with Crippen LogP contribution in [-0.4, -0.2) is 58.7 Å². The van der Waals surface area contributed by atoms with Gasteiger partial charge in [-0.2, -0.15) is 0 Å². The van der Waals surface area contributed by atoms with Gasteiger partial charge in [-0.25, -0.2) is 0 Å². The van der Waals surface area contributed by atoms with Crippen molar-refractivity contribution in [2.24, 2.45) is 11.8 Å². The first-order valence-corrected chi connectivity index (χ1v) is 14.5. The van der Waals surface area contributed by atoms with Gasteiger partial charge in [0.1, 0.15) is 17.4 Å². The summed E-state index contributed by atoms with van der Waals surface area (Å²) in [6.07, 6.45) is 0.530. The number of carbonyl (C=O) groups is 3. The number of likely N-dealkylation sites (tertiary alicyclic amines) is 1. The number of nitrogens with one attached hydrogen (secondary N) is 2. The Morgan fingerprint density at radius 3 is 2.38 bits per heavy atom. The van der Waals surface area contributed by atoms with E-state index in [-0.39, 0.29) is 30.9 Å². The van der Waals surface area contributed by atoms with Crippen molar-refractivity contribution in [2.45, 2.75) is 50.1 Å². The molecule has 42 heavy (non-hydrogen) atoms. The molecule has 1 spiro atoms. The summed E-state index contributed by atoms with van der Waals surface area (Å²) in [5.74, 6) is -1.98. The molecule has 3 aliphatic heterocycles. The Balaban J connectivity index is 1.32. The van der Waals surface area contributed by atoms with E-state index in [1.807, 2.05) is 67.6 Å². The van der Waals surface area contributed by atoms with E-state index in [0.29, 0.717) is 36.4 Å². The number of amides is 3. The molecular formula is C33H35N3O6. The van der Waals surface area contributed by atoms with Gasteiger partial charge >= 0.3 is 0 Å². The van der Waals surface area contributed by atoms with Gasteiger partial charge in [0.05, 0.1) is 37.2 Å². The van der Waals surface area contributed by atoms with Crippen LogP contribution in [0.4, 0.5) is 5.69 Å². The quantitative estimate of drug-likeness (QED) is 0.344. The molecule has 3 aromatic rings. The highest BCUT2D eigenvalue weighted by molar-refractivity contribution is 6.02. The topological polar surface area (TPSA) is 117 Å². The molecule has 0 aliphatic carbocycles. The second-order valence-corrected chi connectivity index (χ2v) is 11.1. The van der Waals surface area contributed by atoms with Gasteiger partial charge in [-0.1, -0.05) is 60.7 Å². The Morgan fingerprint density at radius 1 is 1.02 bits per heavy atom. The minimum Gasteiger partial charge on any atom is -0.494 e. The molecule has 9 nitrogen and oxygen atoms in total. The van der Waals surface area contributed by atoms with Gasteiger partial charge in [0.15, 0.2) is 0 Å². The summed E-state index contributed by atoms with van der Waals surface area (Å²) in [6, 6.07) is 24.0. The van der Waals surface area contributed by atoms with Crippen molar-refractivity contribution < 1.29 is 29.0 Å². The zero-order valence-electron chi connectivity index (χ0n) is 23.4. The third-order valence-electron chi connectivity index (χ3n) is 8.72. The lowest BCUT2D eigenvalue weighted by atomic mass is 9.70. The van der Waals surface area contributed by atoms with Gasteiger partial charge < -0.3 is 30.1 Å². The average Bonchev–Trinajstić information content (AvgIpc) is 3.66. The zero-order valence-corrected chi connectivity index (χ0v) is 23.4. The molecule has 3 amide bonds. The number of aliphatic hydroxyl groups is 1. The van der Waals surface area contributed by atoms with Crippen molar-refractivity contribution in [3.63, 3.8) is 0 Å². The Labute approximate surface area is 244 Å². The molecule has 9 heteroatoms. The maximum atomic E-state index is 14.4. The second kappa shape index (κ2) is 11.6. The molecule has 3 aliphatic rings. The van der Waals surface area contributed by atoms with Crippen LogP contribution in [0, 0.1) is 11.8 Å². The summed E-state index contributed by atoms with van der Waals surface area (Å²) in [7, 11) is 0. The standard InChI is InChI=1S/C33H35N3O6/c1-2-41-24-15-13-23(14-16-24)35-30(38)27-26-17-18-33(42-26)28(27)32(40)36(25(20-37)22-11-7-4-8-12-22)29(33)31(39)34-19-21-9-5-3-6-10-21/h3-16,25-29,37H,2,17-20H2,1H3,(H,34,39)(H,35,38)/t25-,26+,27-,28+,29?,33?/m1/s1. The van der Waals surface area contributed by atoms with Gasteiger partial charge in [-0.05, 0) is 55.2 Å². The predicted octanol–water partition coefficient (Wildman–Crippen LogP) is 3.45. The van der Waals surface area contributed by atoms with Crippen LogP contribution in [0.5, 0.6) is 5.75 Å². The number of ether oxygens (including phenoxy) is 2. The maximum Gasteiger partial charge on any atom is 0.246 e. The third-order valence-corrected chi connectivity index (χ3v) is 8.72. The molecule has 3 fully saturated rings. The van der Waals surface area contributed by atoms with Crippen molar-refractivity contribution in [3.8, 4) is 5.75 Å². The first-order valence-electron chi connectivity index (χ1n) is 14.5. The van der Waals surface area contributed by atoms with Crippen LogP contribution in [0.2, 0.25) is 0 Å². The van der Waals surface area contributed by atoms with Crippen LogP contribution in [0.25, 0.3) is 0 Å². The first kappa shape index (κ1) is 27.9. The molecule has 0 aromatic heterocycles. The number of nitrogens with zero attached hydrogens (tertiary/aromatic N) is 1. The Kier molecular flexibility index (Phi) is 7.70. The van der Waals surface area contributed by atoms with Crippen molar-refractivity contribution in [1.29, 1.82) is 0 Å². The average molecular weight is 570 g/mol. The lowest BCUT2D eigenvalue weighted by Crippen LogP contribution is -2.56. The summed E-state index contributed by atoms with van der Waals surface area (Å²) in [5, 5.41) is 16.5. The number of hydrogen-bond donors (Lipinski definition) is 3. The van der Waals surface area contributed by atoms with Gasteiger partial charge in [-0.3, -0.25) is 14.4 Å². The SMILES string of the molecule is CCOc1ccc(NC(=O)[C@@H]2[C@@H]3CCC4(O3)C(C(=O)NCc3ccccc3)N([C@H](CO)c3ccccc3)C(=O)[C@H]24)cc1. The highest BCUT2D eigenvalue weighted by Gasteiger charge is 2.75. The number of rotatable bonds is 10. The van der Waals surface area contributed by atoms with E-state index in [4.69, 9.17) is 9.47 Å². The number of benzene rings is 3. The summed E-state index contributed by atoms with van der Waals surface area (Å²) in [5.41, 5.74) is 1.03. The lowest BCUT2D eigenvalue weighted by molar-refractivity contribution is -0.145. The molecule has 6 atom stereocenters. The molecule has 218 valence electrons. The molecule has 6 rings (SSSR count). The number of anilines is 1. The molecule has 3 aromatic carbocycles. The molecule has 0 saturated carbocycles. The fourth-order valence-electron chi connectivity index (χ4n) is 6.96. The summed E-state index contributed by atoms with van der Waals surface area (Å²) >= 11 is 0. The van der Waals surface area contributed by atoms with Crippen LogP contribution < -0.4 is 15.4 Å². The molecule has 3 saturated heterocycles. The van der Waals surface area contributed by atoms with Crippen molar-refractivity contribution in [3.05, 3.63) is 96.1 Å². The van der Waals surface area contributed by atoms with E-state index >= 15 is 0 Å². The highest BCUT2D eigenvalue weighted by atomic mass is 16.5. The van der Waals surface area contributed by atoms with Crippen LogP contribution in [0.15, 0.2) is 84.9 Å². The maximum absolute atomic E-state index is 14.4. The highest BCUT2D eigenvalue weighted by Crippen LogP contribution is 2.59. The lowest BCUT2D eigenvalue weighted by Gasteiger charge is -2.36. The predicted molar refractivity (Wildman–Crippen MR) is 155 cm³/mol. The van der Waals surface area contributed by atoms with Crippen LogP contribution >= 0.6 is 0 Å². The third kappa shape index (κ3) is 4.82. The number of aliphatic hydroxyl groups excluding tert-OH is 1. The van der Waals surface area contributed by atoms with Gasteiger partial charge in [0.2, 0.25) is 17.7 Å². The summed E-state index contributed by atoms with van der Waals surface area (Å²) in [6.45, 7) is 2.33. The zero-order chi connectivity index (χ0) is 29.3. The number of hydrogen-bond acceptors (Lipinski definition) is 6. The summed E-state index contributed by atoms with van der Waals surface area (Å²) in [4.78, 5) is 43.6. The monoisotopic (exact) mass is 569 g/mol. The van der Waals surface area contributed by atoms with E-state index in [0.717, 1.165) is 5.56 Å². The van der Waals surface area contributed by atoms with Crippen molar-refractivity contribution in [2.75, 3.05) is 18.5 Å². The van der Waals surface area contributed by atoms with E-state index in [1.54, 1.807) is 24.3 Å². The van der Waals surface area contributed by atoms with E-state index in [1.165, 1.54) is 4.90 Å². The minimum atomic E-state index is -1.18. The number of fused-ring (bicyclic) bond motifs is 1. The fourth-order valence-corrected chi connectivity index (χ4v) is 6.96. The molecular weight excluding hydrogens is 534 g/mol. The summed E-state index contributed by atoms with van der Waals surface area (Å²) < 4.78 is 12.0. The van der Waals surface area contributed by atoms with Crippen molar-refractivity contribution >= 4 is 23.4 Å². The molecule has 2 bridgehead atoms. The molecule has 0 radical (unpaired) electrons. The smallest absolute Gasteiger partial charge is 0.246 e. The Bertz CT molecular complexity index is 1430. The second-order valence-electron chi connectivity index (χ2n) is 11.1. The molecule has 3 N–H and O–H groups in total. The van der Waals surface area contributed by atoms with Gasteiger partial charge in [0, 0.05) is 12.2 Å². The van der Waals surface area contributed by atoms with Crippen LogP contribution in [0.3, 0.4) is 0 Å². The molecule has 3 heterocycles. The van der Waals surface area contributed by atoms with E-state index < -0.39 is 35.6 Å². The van der Waals surface area contributed by atoms with Crippen LogP contribution in [0.1, 0.15) is 36.9 Å². The van der Waals surface area contributed by atoms with E-state index in [9.17, 15) is 19.5 Å². The fraction of sp³-hybridized carbons (Fsp3) is 0.364. The van der Waals surface area contributed by atoms with Crippen LogP contribution in [-0.2, 0) is 25.7 Å². The van der Waals surface area contributed by atoms with Gasteiger partial charge in [-0.15, -0.1) is 0 Å². The minimum absolute atomic E-state index is 0.277. The first-order chi connectivity index (χ1) is 20.5. The van der Waals surface area contributed by atoms with Crippen molar-refractivity contribution in [1.82, 2.24) is 10.2 Å². The Morgan fingerprint density at radius 2 is 1.71 bits per heavy atom. The molecule has 2 unspecified atom stereocenters. The van der Waals surface area contributed by atoms with E-state index in [2.05, 4.69) is 10.6 Å². The largest absolute Gasteiger partial charge is 0.494 e. The number of carbonyl (C=O) groups excluding carboxylic acids is 3.